The first kappa shape index (κ1) is 7.66. The van der Waals surface area contributed by atoms with Gasteiger partial charge in [0.15, 0.2) is 0 Å². The van der Waals surface area contributed by atoms with Gasteiger partial charge in [0.05, 0.1) is 13.2 Å². The van der Waals surface area contributed by atoms with E-state index in [0.29, 0.717) is 5.57 Å². The summed E-state index contributed by atoms with van der Waals surface area (Å²) in [4.78, 5) is 0. The third-order valence-corrected chi connectivity index (χ3v) is 0.899. The van der Waals surface area contributed by atoms with Gasteiger partial charge in [-0.3, -0.25) is 0 Å². The van der Waals surface area contributed by atoms with Crippen molar-refractivity contribution in [1.29, 1.82) is 0 Å². The van der Waals surface area contributed by atoms with Gasteiger partial charge in [-0.05, 0) is 12.0 Å². The predicted octanol–water partition coefficient (Wildman–Crippen LogP) is 0.307. The van der Waals surface area contributed by atoms with Crippen molar-refractivity contribution in [2.45, 2.75) is 13.3 Å². The Morgan fingerprint density at radius 2 is 1.88 bits per heavy atom. The third-order valence-electron chi connectivity index (χ3n) is 0.899. The smallest absolute Gasteiger partial charge is 0.0663 e. The Morgan fingerprint density at radius 3 is 2.00 bits per heavy atom. The molecule has 0 rings (SSSR count). The zero-order valence-corrected chi connectivity index (χ0v) is 5.09. The number of allylic oxidation sites excluding steroid dienone is 1. The summed E-state index contributed by atoms with van der Waals surface area (Å²) in [7, 11) is 0. The Balaban J connectivity index is 3.49. The van der Waals surface area contributed by atoms with Crippen LogP contribution >= 0.6 is 0 Å². The molecule has 0 spiro atoms. The molecule has 0 aliphatic carbocycles. The molecule has 2 heteroatoms. The van der Waals surface area contributed by atoms with Gasteiger partial charge in [0, 0.05) is 0 Å². The van der Waals surface area contributed by atoms with Crippen LogP contribution in [0, 0.1) is 0 Å². The summed E-state index contributed by atoms with van der Waals surface area (Å²) in [6.07, 6.45) is 2.69. The molecular weight excluding hydrogens is 104 g/mol. The first-order chi connectivity index (χ1) is 3.85. The van der Waals surface area contributed by atoms with Crippen LogP contribution in [0.15, 0.2) is 11.6 Å². The van der Waals surface area contributed by atoms with Crippen molar-refractivity contribution in [3.63, 3.8) is 0 Å². The maximum absolute atomic E-state index is 8.43. The molecule has 0 aromatic carbocycles. The van der Waals surface area contributed by atoms with E-state index in [1.807, 2.05) is 13.0 Å². The van der Waals surface area contributed by atoms with Crippen LogP contribution in [0.3, 0.4) is 0 Å². The summed E-state index contributed by atoms with van der Waals surface area (Å²) in [6, 6.07) is 0. The Kier molecular flexibility index (Phi) is 4.61. The highest BCUT2D eigenvalue weighted by Crippen LogP contribution is 1.91. The highest BCUT2D eigenvalue weighted by Gasteiger charge is 1.87. The van der Waals surface area contributed by atoms with Gasteiger partial charge in [0.2, 0.25) is 0 Å². The molecule has 0 heterocycles. The van der Waals surface area contributed by atoms with Gasteiger partial charge >= 0.3 is 0 Å². The van der Waals surface area contributed by atoms with Crippen LogP contribution in [0.25, 0.3) is 0 Å². The minimum Gasteiger partial charge on any atom is -0.392 e. The molecule has 0 aromatic heterocycles. The Labute approximate surface area is 49.5 Å². The van der Waals surface area contributed by atoms with Crippen molar-refractivity contribution in [3.8, 4) is 0 Å². The molecular formula is C6H12O2. The molecule has 48 valence electrons. The standard InChI is InChI=1S/C6H12O2/c1-2-3-6(4-7)5-8/h3,7-8H,2,4-5H2,1H3. The fraction of sp³-hybridized carbons (Fsp3) is 0.667. The summed E-state index contributed by atoms with van der Waals surface area (Å²) < 4.78 is 0. The summed E-state index contributed by atoms with van der Waals surface area (Å²) in [5.74, 6) is 0. The lowest BCUT2D eigenvalue weighted by molar-refractivity contribution is 0.276. The van der Waals surface area contributed by atoms with E-state index in [-0.39, 0.29) is 13.2 Å². The van der Waals surface area contributed by atoms with Crippen molar-refractivity contribution in [2.75, 3.05) is 13.2 Å². The van der Waals surface area contributed by atoms with Gasteiger partial charge in [-0.1, -0.05) is 13.0 Å². The minimum atomic E-state index is -0.0235. The fourth-order valence-corrected chi connectivity index (χ4v) is 0.468. The predicted molar refractivity (Wildman–Crippen MR) is 32.5 cm³/mol. The van der Waals surface area contributed by atoms with E-state index in [2.05, 4.69) is 0 Å². The van der Waals surface area contributed by atoms with Gasteiger partial charge in [-0.25, -0.2) is 0 Å². The highest BCUT2D eigenvalue weighted by molar-refractivity contribution is 5.00. The molecule has 8 heavy (non-hydrogen) atoms. The maximum atomic E-state index is 8.43. The van der Waals surface area contributed by atoms with Crippen molar-refractivity contribution in [2.24, 2.45) is 0 Å². The van der Waals surface area contributed by atoms with E-state index < -0.39 is 0 Å². The second-order valence-corrected chi connectivity index (χ2v) is 1.59. The van der Waals surface area contributed by atoms with Gasteiger partial charge < -0.3 is 10.2 Å². The average Bonchev–Trinajstić information content (AvgIpc) is 1.83. The lowest BCUT2D eigenvalue weighted by Crippen LogP contribution is -1.94. The third kappa shape index (κ3) is 2.77. The molecule has 2 N–H and O–H groups in total. The van der Waals surface area contributed by atoms with Gasteiger partial charge in [-0.2, -0.15) is 0 Å². The molecule has 0 aromatic rings. The van der Waals surface area contributed by atoms with E-state index >= 15 is 0 Å². The van der Waals surface area contributed by atoms with Crippen molar-refractivity contribution >= 4 is 0 Å². The average molecular weight is 116 g/mol. The molecule has 0 fully saturated rings. The Hall–Kier alpha value is -0.340. The number of rotatable bonds is 3. The minimum absolute atomic E-state index is 0.0235. The summed E-state index contributed by atoms with van der Waals surface area (Å²) >= 11 is 0. The van der Waals surface area contributed by atoms with Crippen LogP contribution in [0.5, 0.6) is 0 Å². The molecule has 0 saturated heterocycles. The first-order valence-electron chi connectivity index (χ1n) is 2.74. The zero-order valence-electron chi connectivity index (χ0n) is 5.09. The van der Waals surface area contributed by atoms with E-state index in [0.717, 1.165) is 6.42 Å². The second kappa shape index (κ2) is 4.81. The molecule has 0 amide bonds. The van der Waals surface area contributed by atoms with E-state index in [4.69, 9.17) is 10.2 Å². The van der Waals surface area contributed by atoms with Crippen molar-refractivity contribution in [3.05, 3.63) is 11.6 Å². The molecule has 0 bridgehead atoms. The normalized spacial score (nSPS) is 8.88. The molecule has 0 aliphatic rings. The topological polar surface area (TPSA) is 40.5 Å². The van der Waals surface area contributed by atoms with Gasteiger partial charge in [-0.15, -0.1) is 0 Å². The number of aliphatic hydroxyl groups excluding tert-OH is 2. The van der Waals surface area contributed by atoms with E-state index in [9.17, 15) is 0 Å². The fourth-order valence-electron chi connectivity index (χ4n) is 0.468. The number of hydrogen-bond donors (Lipinski definition) is 2. The van der Waals surface area contributed by atoms with Crippen LogP contribution in [0.4, 0.5) is 0 Å². The number of hydrogen-bond acceptors (Lipinski definition) is 2. The van der Waals surface area contributed by atoms with E-state index in [1.54, 1.807) is 0 Å². The van der Waals surface area contributed by atoms with Crippen LogP contribution in [-0.2, 0) is 0 Å². The van der Waals surface area contributed by atoms with Gasteiger partial charge in [0.25, 0.3) is 0 Å². The number of aliphatic hydroxyl groups is 2. The maximum Gasteiger partial charge on any atom is 0.0663 e. The highest BCUT2D eigenvalue weighted by atomic mass is 16.3. The SMILES string of the molecule is CCC=C(CO)CO. The van der Waals surface area contributed by atoms with Crippen LogP contribution in [0.2, 0.25) is 0 Å². The second-order valence-electron chi connectivity index (χ2n) is 1.59. The summed E-state index contributed by atoms with van der Waals surface area (Å²) in [5.41, 5.74) is 0.701. The molecule has 0 radical (unpaired) electrons. The Bertz CT molecular complexity index is 70.6. The molecule has 0 unspecified atom stereocenters. The lowest BCUT2D eigenvalue weighted by Gasteiger charge is -1.94. The van der Waals surface area contributed by atoms with E-state index in [1.165, 1.54) is 0 Å². The molecule has 2 nitrogen and oxygen atoms in total. The monoisotopic (exact) mass is 116 g/mol. The molecule has 0 atom stereocenters. The lowest BCUT2D eigenvalue weighted by atomic mass is 10.2. The van der Waals surface area contributed by atoms with Crippen LogP contribution < -0.4 is 0 Å². The quantitative estimate of drug-likeness (QED) is 0.521. The van der Waals surface area contributed by atoms with Crippen molar-refractivity contribution < 1.29 is 10.2 Å². The zero-order chi connectivity index (χ0) is 6.41. The Morgan fingerprint density at radius 1 is 1.38 bits per heavy atom. The van der Waals surface area contributed by atoms with Gasteiger partial charge in [0.1, 0.15) is 0 Å². The van der Waals surface area contributed by atoms with Crippen molar-refractivity contribution in [1.82, 2.24) is 0 Å². The molecule has 0 aliphatic heterocycles. The largest absolute Gasteiger partial charge is 0.392 e. The van der Waals surface area contributed by atoms with Crippen LogP contribution in [0.1, 0.15) is 13.3 Å². The molecule has 0 saturated carbocycles. The summed E-state index contributed by atoms with van der Waals surface area (Å²) in [5, 5.41) is 16.9. The van der Waals surface area contributed by atoms with Crippen LogP contribution in [-0.4, -0.2) is 23.4 Å². The first-order valence-corrected chi connectivity index (χ1v) is 2.74. The summed E-state index contributed by atoms with van der Waals surface area (Å²) in [6.45, 7) is 1.92.